The van der Waals surface area contributed by atoms with Crippen LogP contribution in [0, 0.1) is 0 Å². The summed E-state index contributed by atoms with van der Waals surface area (Å²) in [5, 5.41) is 2.65. The van der Waals surface area contributed by atoms with Crippen LogP contribution in [-0.4, -0.2) is 55.3 Å². The van der Waals surface area contributed by atoms with E-state index in [2.05, 4.69) is 15.3 Å². The average molecular weight is 444 g/mol. The Morgan fingerprint density at radius 2 is 1.66 bits per heavy atom. The molecule has 2 aromatic rings. The largest absolute Gasteiger partial charge is 0.444 e. The van der Waals surface area contributed by atoms with Crippen LogP contribution in [0.1, 0.15) is 63.2 Å². The van der Waals surface area contributed by atoms with Crippen LogP contribution < -0.4 is 5.32 Å². The molecule has 10 heteroatoms. The molecule has 172 valence electrons. The van der Waals surface area contributed by atoms with E-state index in [1.165, 1.54) is 18.7 Å². The summed E-state index contributed by atoms with van der Waals surface area (Å²) in [6.45, 7) is 11.6. The molecule has 0 spiro atoms. The normalized spacial score (nSPS) is 13.9. The lowest BCUT2D eigenvalue weighted by Crippen LogP contribution is -2.40. The zero-order valence-electron chi connectivity index (χ0n) is 19.3. The lowest BCUT2D eigenvalue weighted by Gasteiger charge is -2.30. The zero-order valence-corrected chi connectivity index (χ0v) is 19.3. The smallest absolute Gasteiger partial charge is 0.419 e. The van der Waals surface area contributed by atoms with Crippen molar-refractivity contribution in [2.75, 3.05) is 11.9 Å². The van der Waals surface area contributed by atoms with E-state index < -0.39 is 23.2 Å². The fourth-order valence-corrected chi connectivity index (χ4v) is 3.01. The minimum absolute atomic E-state index is 0.217. The van der Waals surface area contributed by atoms with Gasteiger partial charge in [0.05, 0.1) is 24.0 Å². The first-order valence-corrected chi connectivity index (χ1v) is 10.4. The zero-order chi connectivity index (χ0) is 23.7. The molecule has 2 amide bonds. The minimum Gasteiger partial charge on any atom is -0.444 e. The van der Waals surface area contributed by atoms with Crippen molar-refractivity contribution >= 4 is 23.9 Å². The first-order valence-electron chi connectivity index (χ1n) is 10.4. The summed E-state index contributed by atoms with van der Waals surface area (Å²) in [5.41, 5.74) is 0.785. The van der Waals surface area contributed by atoms with E-state index in [0.717, 1.165) is 15.8 Å². The molecule has 2 aromatic heterocycles. The molecule has 3 heterocycles. The number of hydrogen-bond acceptors (Lipinski definition) is 7. The summed E-state index contributed by atoms with van der Waals surface area (Å²) in [5.74, 6) is -0.181. The van der Waals surface area contributed by atoms with Crippen LogP contribution >= 0.6 is 0 Å². The summed E-state index contributed by atoms with van der Waals surface area (Å²) in [4.78, 5) is 47.0. The minimum atomic E-state index is -0.640. The van der Waals surface area contributed by atoms with Crippen molar-refractivity contribution in [1.29, 1.82) is 0 Å². The molecule has 0 aliphatic carbocycles. The molecule has 0 radical (unpaired) electrons. The summed E-state index contributed by atoms with van der Waals surface area (Å²) in [6.07, 6.45) is 3.72. The lowest BCUT2D eigenvalue weighted by atomic mass is 10.0. The third kappa shape index (κ3) is 6.05. The first-order chi connectivity index (χ1) is 14.8. The van der Waals surface area contributed by atoms with Gasteiger partial charge < -0.3 is 19.7 Å². The van der Waals surface area contributed by atoms with Crippen molar-refractivity contribution in [3.8, 4) is 0 Å². The molecule has 10 nitrogen and oxygen atoms in total. The van der Waals surface area contributed by atoms with E-state index in [1.54, 1.807) is 31.7 Å². The second kappa shape index (κ2) is 8.60. The Morgan fingerprint density at radius 3 is 2.31 bits per heavy atom. The third-order valence-electron chi connectivity index (χ3n) is 4.39. The van der Waals surface area contributed by atoms with E-state index >= 15 is 0 Å². The van der Waals surface area contributed by atoms with Crippen molar-refractivity contribution in [2.24, 2.45) is 0 Å². The quantitative estimate of drug-likeness (QED) is 0.754. The van der Waals surface area contributed by atoms with Crippen molar-refractivity contribution in [1.82, 2.24) is 19.4 Å². The highest BCUT2D eigenvalue weighted by Gasteiger charge is 2.27. The predicted octanol–water partition coefficient (Wildman–Crippen LogP) is 3.61. The van der Waals surface area contributed by atoms with Crippen LogP contribution in [-0.2, 0) is 22.4 Å². The topological polar surface area (TPSA) is 116 Å². The lowest BCUT2D eigenvalue weighted by molar-refractivity contribution is 0.0220. The van der Waals surface area contributed by atoms with E-state index in [1.807, 2.05) is 20.8 Å². The highest BCUT2D eigenvalue weighted by atomic mass is 16.6. The van der Waals surface area contributed by atoms with Gasteiger partial charge in [-0.15, -0.1) is 0 Å². The van der Waals surface area contributed by atoms with Gasteiger partial charge in [-0.3, -0.25) is 9.78 Å². The molecule has 32 heavy (non-hydrogen) atoms. The van der Waals surface area contributed by atoms with E-state index in [9.17, 15) is 14.4 Å². The predicted molar refractivity (Wildman–Crippen MR) is 116 cm³/mol. The summed E-state index contributed by atoms with van der Waals surface area (Å²) in [7, 11) is 0. The third-order valence-corrected chi connectivity index (χ3v) is 4.39. The molecule has 0 saturated heterocycles. The van der Waals surface area contributed by atoms with Gasteiger partial charge in [0.25, 0.3) is 5.91 Å². The number of hydrogen-bond donors (Lipinski definition) is 1. The highest BCUT2D eigenvalue weighted by molar-refractivity contribution is 6.03. The Morgan fingerprint density at radius 1 is 1.00 bits per heavy atom. The van der Waals surface area contributed by atoms with Gasteiger partial charge in [0.2, 0.25) is 0 Å². The Balaban J connectivity index is 1.64. The maximum Gasteiger partial charge on any atom is 0.419 e. The molecule has 1 aliphatic heterocycles. The van der Waals surface area contributed by atoms with Crippen LogP contribution in [0.2, 0.25) is 0 Å². The van der Waals surface area contributed by atoms with Gasteiger partial charge in [-0.25, -0.2) is 19.1 Å². The van der Waals surface area contributed by atoms with Crippen LogP contribution in [0.4, 0.5) is 15.4 Å². The Hall–Kier alpha value is -3.43. The van der Waals surface area contributed by atoms with Gasteiger partial charge >= 0.3 is 12.2 Å². The van der Waals surface area contributed by atoms with Crippen molar-refractivity contribution < 1.29 is 23.9 Å². The number of carbonyl (C=O) groups excluding carboxylic acids is 3. The molecule has 1 aliphatic rings. The van der Waals surface area contributed by atoms with Crippen LogP contribution in [0.25, 0.3) is 0 Å². The monoisotopic (exact) mass is 443 g/mol. The second-order valence-corrected chi connectivity index (χ2v) is 9.58. The molecule has 0 bridgehead atoms. The molecule has 3 rings (SSSR count). The maximum absolute atomic E-state index is 12.6. The van der Waals surface area contributed by atoms with Gasteiger partial charge in [0.15, 0.2) is 5.82 Å². The number of nitrogens with zero attached hydrogens (tertiary/aromatic N) is 4. The van der Waals surface area contributed by atoms with Crippen molar-refractivity contribution in [3.05, 3.63) is 41.6 Å². The Labute approximate surface area is 186 Å². The molecule has 0 aromatic carbocycles. The van der Waals surface area contributed by atoms with Crippen LogP contribution in [0.15, 0.2) is 24.8 Å². The maximum atomic E-state index is 12.6. The van der Waals surface area contributed by atoms with Crippen LogP contribution in [0.5, 0.6) is 0 Å². The van der Waals surface area contributed by atoms with E-state index in [0.29, 0.717) is 25.1 Å². The molecular weight excluding hydrogens is 414 g/mol. The molecule has 0 fully saturated rings. The number of carbonyl (C=O) groups is 3. The number of amides is 2. The fourth-order valence-electron chi connectivity index (χ4n) is 3.01. The van der Waals surface area contributed by atoms with Gasteiger partial charge in [0, 0.05) is 12.7 Å². The van der Waals surface area contributed by atoms with Gasteiger partial charge in [0.1, 0.15) is 17.5 Å². The fraction of sp³-hybridized carbons (Fsp3) is 0.500. The van der Waals surface area contributed by atoms with Crippen molar-refractivity contribution in [3.63, 3.8) is 0 Å². The molecule has 0 saturated carbocycles. The van der Waals surface area contributed by atoms with E-state index in [-0.39, 0.29) is 11.9 Å². The molecular formula is C22H29N5O5. The molecule has 0 unspecified atom stereocenters. The average Bonchev–Trinajstić information content (AvgIpc) is 3.13. The number of fused-ring (bicyclic) bond motifs is 1. The number of imidazole rings is 1. The number of ether oxygens (including phenoxy) is 2. The Kier molecular flexibility index (Phi) is 6.25. The van der Waals surface area contributed by atoms with Crippen molar-refractivity contribution in [2.45, 2.75) is 65.7 Å². The number of rotatable bonds is 2. The Bertz CT molecular complexity index is 1030. The highest BCUT2D eigenvalue weighted by Crippen LogP contribution is 2.21. The van der Waals surface area contributed by atoms with Gasteiger partial charge in [-0.2, -0.15) is 0 Å². The second-order valence-electron chi connectivity index (χ2n) is 9.58. The summed E-state index contributed by atoms with van der Waals surface area (Å²) >= 11 is 0. The SMILES string of the molecule is CC(C)(C)OC(=O)N1CCc2cc(C(=O)Nc3cn(C(=O)OC(C)(C)C)cn3)cnc2C1. The van der Waals surface area contributed by atoms with E-state index in [4.69, 9.17) is 9.47 Å². The van der Waals surface area contributed by atoms with Crippen LogP contribution in [0.3, 0.4) is 0 Å². The number of aromatic nitrogens is 3. The number of anilines is 1. The van der Waals surface area contributed by atoms with Gasteiger partial charge in [-0.05, 0) is 59.6 Å². The number of pyridine rings is 1. The first kappa shape index (κ1) is 23.2. The summed E-state index contributed by atoms with van der Waals surface area (Å²) < 4.78 is 11.8. The number of nitrogens with one attached hydrogen (secondary N) is 1. The molecule has 0 atom stereocenters. The standard InChI is InChI=1S/C22H29N5O5/c1-21(2,3)31-19(29)26-8-7-14-9-15(10-23-16(14)11-26)18(28)25-17-12-27(13-24-17)20(30)32-22(4,5)6/h9-10,12-13H,7-8,11H2,1-6H3,(H,25,28). The summed E-state index contributed by atoms with van der Waals surface area (Å²) in [6, 6.07) is 1.76. The van der Waals surface area contributed by atoms with Gasteiger partial charge in [-0.1, -0.05) is 0 Å². The molecule has 1 N–H and O–H groups in total.